The lowest BCUT2D eigenvalue weighted by atomic mass is 10.0. The van der Waals surface area contributed by atoms with Crippen molar-refractivity contribution in [1.29, 1.82) is 0 Å². The van der Waals surface area contributed by atoms with Crippen molar-refractivity contribution in [3.63, 3.8) is 0 Å². The fourth-order valence-electron chi connectivity index (χ4n) is 1.88. The van der Waals surface area contributed by atoms with E-state index in [-0.39, 0.29) is 16.9 Å². The summed E-state index contributed by atoms with van der Waals surface area (Å²) < 4.78 is 14.7. The van der Waals surface area contributed by atoms with Crippen LogP contribution in [0.4, 0.5) is 4.39 Å². The first-order valence-electron chi connectivity index (χ1n) is 6.06. The molecule has 1 nitrogen and oxygen atoms in total. The van der Waals surface area contributed by atoms with Gasteiger partial charge in [0.2, 0.25) is 0 Å². The van der Waals surface area contributed by atoms with E-state index >= 15 is 0 Å². The largest absolute Gasteiger partial charge is 0.306 e. The summed E-state index contributed by atoms with van der Waals surface area (Å²) in [4.78, 5) is 1.12. The molecule has 0 fully saturated rings. The molecule has 1 aromatic heterocycles. The first-order chi connectivity index (χ1) is 9.13. The van der Waals surface area contributed by atoms with Gasteiger partial charge in [0, 0.05) is 4.88 Å². The lowest BCUT2D eigenvalue weighted by molar-refractivity contribution is 0.591. The Morgan fingerprint density at radius 3 is 2.79 bits per heavy atom. The minimum atomic E-state index is -0.377. The minimum Gasteiger partial charge on any atom is -0.306 e. The lowest BCUT2D eigenvalue weighted by Gasteiger charge is -2.19. The van der Waals surface area contributed by atoms with Crippen LogP contribution in [-0.4, -0.2) is 6.54 Å². The summed E-state index contributed by atoms with van der Waals surface area (Å²) in [5.41, 5.74) is 0.782. The highest BCUT2D eigenvalue weighted by atomic mass is 79.9. The van der Waals surface area contributed by atoms with E-state index in [1.54, 1.807) is 17.4 Å². The summed E-state index contributed by atoms with van der Waals surface area (Å²) in [5.74, 6) is -0.377. The topological polar surface area (TPSA) is 12.0 Å². The number of hydrogen-bond donors (Lipinski definition) is 1. The summed E-state index contributed by atoms with van der Waals surface area (Å²) in [6.45, 7) is 2.95. The van der Waals surface area contributed by atoms with Gasteiger partial charge in [-0.1, -0.05) is 30.7 Å². The Morgan fingerprint density at radius 2 is 2.16 bits per heavy atom. The van der Waals surface area contributed by atoms with Gasteiger partial charge in [-0.05, 0) is 52.7 Å². The highest BCUT2D eigenvalue weighted by Crippen LogP contribution is 2.35. The van der Waals surface area contributed by atoms with Crippen LogP contribution in [-0.2, 0) is 0 Å². The highest BCUT2D eigenvalue weighted by Gasteiger charge is 2.19. The zero-order valence-corrected chi connectivity index (χ0v) is 13.6. The maximum Gasteiger partial charge on any atom is 0.142 e. The molecule has 1 N–H and O–H groups in total. The van der Waals surface area contributed by atoms with Crippen LogP contribution in [0.25, 0.3) is 0 Å². The Labute approximate surface area is 129 Å². The summed E-state index contributed by atoms with van der Waals surface area (Å²) in [6.07, 6.45) is 1.01. The van der Waals surface area contributed by atoms with Gasteiger partial charge in [-0.15, -0.1) is 11.3 Å². The molecule has 0 radical (unpaired) electrons. The zero-order valence-electron chi connectivity index (χ0n) is 10.4. The van der Waals surface area contributed by atoms with E-state index in [2.05, 4.69) is 28.2 Å². The van der Waals surface area contributed by atoms with Gasteiger partial charge in [0.05, 0.1) is 14.9 Å². The second kappa shape index (κ2) is 6.84. The Kier molecular flexibility index (Phi) is 5.39. The molecule has 1 unspecified atom stereocenters. The molecule has 1 aromatic carbocycles. The van der Waals surface area contributed by atoms with Crippen molar-refractivity contribution < 1.29 is 4.39 Å². The average molecular weight is 363 g/mol. The van der Waals surface area contributed by atoms with Gasteiger partial charge in [0.1, 0.15) is 5.82 Å². The first kappa shape index (κ1) is 15.0. The molecule has 102 valence electrons. The number of benzene rings is 1. The van der Waals surface area contributed by atoms with E-state index in [0.29, 0.717) is 0 Å². The van der Waals surface area contributed by atoms with Crippen LogP contribution in [0.3, 0.4) is 0 Å². The number of thiophene rings is 1. The van der Waals surface area contributed by atoms with Crippen molar-refractivity contribution in [3.8, 4) is 0 Å². The monoisotopic (exact) mass is 361 g/mol. The Morgan fingerprint density at radius 1 is 1.37 bits per heavy atom. The molecule has 0 saturated heterocycles. The van der Waals surface area contributed by atoms with Gasteiger partial charge >= 0.3 is 0 Å². The molecule has 0 aliphatic carbocycles. The standard InChI is InChI=1S/C14H14BrClFNS/c1-2-8-18-14(11-6-7-12(15)19-11)9-4-3-5-10(17)13(9)16/h3-7,14,18H,2,8H2,1H3. The van der Waals surface area contributed by atoms with Gasteiger partial charge in [0.15, 0.2) is 0 Å². The molecular weight excluding hydrogens is 349 g/mol. The lowest BCUT2D eigenvalue weighted by Crippen LogP contribution is -2.22. The highest BCUT2D eigenvalue weighted by molar-refractivity contribution is 9.11. The predicted molar refractivity (Wildman–Crippen MR) is 83.6 cm³/mol. The fourth-order valence-corrected chi connectivity index (χ4v) is 3.63. The van der Waals surface area contributed by atoms with E-state index < -0.39 is 0 Å². The molecule has 0 amide bonds. The maximum atomic E-state index is 13.6. The average Bonchev–Trinajstić information content (AvgIpc) is 2.81. The van der Waals surface area contributed by atoms with E-state index in [0.717, 1.165) is 27.2 Å². The second-order valence-corrected chi connectivity index (χ2v) is 7.04. The van der Waals surface area contributed by atoms with Crippen molar-refractivity contribution >= 4 is 38.9 Å². The Bertz CT molecular complexity index is 558. The van der Waals surface area contributed by atoms with Crippen LogP contribution < -0.4 is 5.32 Å². The number of hydrogen-bond acceptors (Lipinski definition) is 2. The van der Waals surface area contributed by atoms with Crippen LogP contribution in [0.2, 0.25) is 5.02 Å². The molecule has 0 aliphatic heterocycles. The smallest absolute Gasteiger partial charge is 0.142 e. The van der Waals surface area contributed by atoms with Crippen LogP contribution in [0, 0.1) is 5.82 Å². The van der Waals surface area contributed by atoms with Crippen molar-refractivity contribution in [2.45, 2.75) is 19.4 Å². The molecule has 2 rings (SSSR count). The zero-order chi connectivity index (χ0) is 13.8. The summed E-state index contributed by atoms with van der Waals surface area (Å²) >= 11 is 11.2. The van der Waals surface area contributed by atoms with Gasteiger partial charge in [-0.3, -0.25) is 0 Å². The molecule has 5 heteroatoms. The first-order valence-corrected chi connectivity index (χ1v) is 8.04. The molecule has 1 atom stereocenters. The van der Waals surface area contributed by atoms with E-state index in [1.807, 2.05) is 18.2 Å². The maximum absolute atomic E-state index is 13.6. The predicted octanol–water partition coefficient (Wildman–Crippen LogP) is 5.39. The molecular formula is C14H14BrClFNS. The fraction of sp³-hybridized carbons (Fsp3) is 0.286. The molecule has 2 aromatic rings. The van der Waals surface area contributed by atoms with Gasteiger partial charge in [0.25, 0.3) is 0 Å². The van der Waals surface area contributed by atoms with Crippen LogP contribution in [0.15, 0.2) is 34.1 Å². The van der Waals surface area contributed by atoms with Gasteiger partial charge < -0.3 is 5.32 Å². The molecule has 0 aliphatic rings. The number of nitrogens with one attached hydrogen (secondary N) is 1. The summed E-state index contributed by atoms with van der Waals surface area (Å²) in [7, 11) is 0. The quantitative estimate of drug-likeness (QED) is 0.751. The van der Waals surface area contributed by atoms with Gasteiger partial charge in [-0.25, -0.2) is 4.39 Å². The number of rotatable bonds is 5. The van der Waals surface area contributed by atoms with E-state index in [9.17, 15) is 4.39 Å². The van der Waals surface area contributed by atoms with Crippen molar-refractivity contribution in [2.75, 3.05) is 6.54 Å². The van der Waals surface area contributed by atoms with Crippen LogP contribution in [0.1, 0.15) is 29.8 Å². The number of halogens is 3. The third-order valence-electron chi connectivity index (χ3n) is 2.77. The normalized spacial score (nSPS) is 12.6. The molecule has 0 spiro atoms. The van der Waals surface area contributed by atoms with Crippen molar-refractivity contribution in [1.82, 2.24) is 5.32 Å². The molecule has 19 heavy (non-hydrogen) atoms. The van der Waals surface area contributed by atoms with E-state index in [4.69, 9.17) is 11.6 Å². The second-order valence-electron chi connectivity index (χ2n) is 4.17. The third kappa shape index (κ3) is 3.57. The Balaban J connectivity index is 2.39. The molecule has 1 heterocycles. The molecule has 0 saturated carbocycles. The van der Waals surface area contributed by atoms with E-state index in [1.165, 1.54) is 6.07 Å². The summed E-state index contributed by atoms with van der Waals surface area (Å²) in [6, 6.07) is 8.90. The third-order valence-corrected chi connectivity index (χ3v) is 4.86. The summed E-state index contributed by atoms with van der Waals surface area (Å²) in [5, 5.41) is 3.62. The van der Waals surface area contributed by atoms with Crippen molar-refractivity contribution in [2.24, 2.45) is 0 Å². The van der Waals surface area contributed by atoms with Crippen LogP contribution in [0.5, 0.6) is 0 Å². The SMILES string of the molecule is CCCNC(c1ccc(Br)s1)c1cccc(F)c1Cl. The minimum absolute atomic E-state index is 0.0700. The van der Waals surface area contributed by atoms with Crippen LogP contribution >= 0.6 is 38.9 Å². The Hall–Kier alpha value is -0.420. The molecule has 0 bridgehead atoms. The van der Waals surface area contributed by atoms with Crippen molar-refractivity contribution in [3.05, 3.63) is 55.4 Å². The van der Waals surface area contributed by atoms with Gasteiger partial charge in [-0.2, -0.15) is 0 Å².